The lowest BCUT2D eigenvalue weighted by atomic mass is 10.0. The Kier molecular flexibility index (Phi) is 64.6. The summed E-state index contributed by atoms with van der Waals surface area (Å²) in [5.41, 5.74) is -7.41. The highest BCUT2D eigenvalue weighted by atomic mass is 31.2. The largest absolute Gasteiger partial charge is 0.334 e. The van der Waals surface area contributed by atoms with Crippen molar-refractivity contribution in [3.8, 4) is 0 Å². The van der Waals surface area contributed by atoms with Gasteiger partial charge in [0.15, 0.2) is 0 Å². The molecule has 112 heavy (non-hydrogen) atoms. The molecule has 0 aliphatic heterocycles. The fourth-order valence-electron chi connectivity index (χ4n) is 14.0. The Labute approximate surface area is 679 Å². The third kappa shape index (κ3) is 38.3. The van der Waals surface area contributed by atoms with E-state index in [-0.39, 0.29) is 158 Å². The van der Waals surface area contributed by atoms with Gasteiger partial charge >= 0.3 is 76.0 Å². The van der Waals surface area contributed by atoms with Gasteiger partial charge in [-0.05, 0) is 216 Å². The minimum absolute atomic E-state index is 0.00954. The average molecular weight is 1810 g/mol. The van der Waals surface area contributed by atoms with Crippen LogP contribution in [0.25, 0.3) is 0 Å². The molecule has 0 saturated heterocycles. The summed E-state index contributed by atoms with van der Waals surface area (Å²) in [5.74, 6) is 0. The second-order valence-electron chi connectivity index (χ2n) is 26.0. The Morgan fingerprint density at radius 2 is 0.330 bits per heavy atom. The first-order valence-corrected chi connectivity index (χ1v) is 58.1. The molecule has 0 amide bonds. The Hall–Kier alpha value is 1.50. The van der Waals surface area contributed by atoms with E-state index in [9.17, 15) is 36.5 Å². The third-order valence-corrected chi connectivity index (χ3v) is 45.8. The molecule has 0 aromatic carbocycles. The maximum atomic E-state index is 15.3. The molecule has 0 N–H and O–H groups in total. The molecule has 0 heterocycles. The summed E-state index contributed by atoms with van der Waals surface area (Å²) in [7, 11) is -37.5. The van der Waals surface area contributed by atoms with Crippen molar-refractivity contribution in [3.63, 3.8) is 0 Å². The summed E-state index contributed by atoms with van der Waals surface area (Å²) in [6, 6.07) is 0. The summed E-state index contributed by atoms with van der Waals surface area (Å²) in [6.45, 7) is 44.8. The van der Waals surface area contributed by atoms with Crippen LogP contribution in [0.2, 0.25) is 0 Å². The monoisotopic (exact) mass is 1810 g/mol. The Morgan fingerprint density at radius 1 is 0.161 bits per heavy atom. The molecule has 0 bridgehead atoms. The van der Waals surface area contributed by atoms with Gasteiger partial charge in [-0.2, -0.15) is 0 Å². The van der Waals surface area contributed by atoms with Crippen molar-refractivity contribution in [2.24, 2.45) is 0 Å². The first-order chi connectivity index (χ1) is 53.1. The van der Waals surface area contributed by atoms with E-state index >= 15 is 9.13 Å². The van der Waals surface area contributed by atoms with Gasteiger partial charge in [-0.3, -0.25) is 45.7 Å². The highest BCUT2D eigenvalue weighted by Gasteiger charge is 2.55. The predicted molar refractivity (Wildman–Crippen MR) is 452 cm³/mol. The Bertz CT molecular complexity index is 2820. The second-order valence-corrected chi connectivity index (χ2v) is 49.2. The van der Waals surface area contributed by atoms with E-state index < -0.39 is 133 Å². The summed E-state index contributed by atoms with van der Waals surface area (Å²) >= 11 is 0. The standard InChI is InChI=1S/C42H92O18P6.C30H66O12P4/c1-15-39(63(45,53-20-6)54-21-7)41(65(47,57-24-10)58-25-11)35-36-42(66(48,59-26-12)60-27-13)40(64(46,55-22-8)56-23-9)34-29-28-32-38(62(44,51-18-4)52-19-5)33-30-31-37(14)61(43,49-16-2)50-17-3;1-11-29(45(33,39-16-6)40-17-7)30(46(34,41-18-8)42-19-9)24-22-20-21-23-28(44(32,37-14-4)38-15-5)26-25-27(10)43(31,35-12-2)36-13-3/h37-42H,15-36H2,1-14H3;27-30H,11-26H2,1-10H3. The van der Waals surface area contributed by atoms with Crippen LogP contribution in [0.15, 0.2) is 0 Å². The van der Waals surface area contributed by atoms with Crippen LogP contribution in [0.1, 0.15) is 282 Å². The molecule has 0 spiro atoms. The first kappa shape index (κ1) is 116. The number of hydrogen-bond acceptors (Lipinski definition) is 30. The minimum Gasteiger partial charge on any atom is -0.309 e. The van der Waals surface area contributed by atoms with Crippen molar-refractivity contribution in [3.05, 3.63) is 0 Å². The van der Waals surface area contributed by atoms with Gasteiger partial charge in [-0.15, -0.1) is 0 Å². The highest BCUT2D eigenvalue weighted by molar-refractivity contribution is 7.61. The smallest absolute Gasteiger partial charge is 0.309 e. The maximum absolute atomic E-state index is 15.3. The van der Waals surface area contributed by atoms with E-state index in [2.05, 4.69) is 0 Å². The molecule has 0 radical (unpaired) electrons. The molecule has 0 aromatic heterocycles. The van der Waals surface area contributed by atoms with E-state index in [1.165, 1.54) is 0 Å². The van der Waals surface area contributed by atoms with Crippen LogP contribution < -0.4 is 0 Å². The maximum Gasteiger partial charge on any atom is 0.334 e. The lowest BCUT2D eigenvalue weighted by molar-refractivity contribution is 0.184. The molecule has 0 aliphatic rings. The van der Waals surface area contributed by atoms with E-state index in [1.54, 1.807) is 145 Å². The van der Waals surface area contributed by atoms with E-state index in [0.29, 0.717) is 89.9 Å². The fourth-order valence-corrected chi connectivity index (χ4v) is 38.4. The molecule has 0 saturated carbocycles. The van der Waals surface area contributed by atoms with Gasteiger partial charge in [0.05, 0.1) is 189 Å². The van der Waals surface area contributed by atoms with Crippen LogP contribution in [0.4, 0.5) is 0 Å². The van der Waals surface area contributed by atoms with Crippen molar-refractivity contribution < 1.29 is 136 Å². The highest BCUT2D eigenvalue weighted by Crippen LogP contribution is 2.71. The minimum atomic E-state index is -4.20. The van der Waals surface area contributed by atoms with Crippen molar-refractivity contribution >= 4 is 76.0 Å². The Balaban J connectivity index is 0. The third-order valence-electron chi connectivity index (χ3n) is 18.4. The first-order valence-electron chi connectivity index (χ1n) is 41.9. The topological polar surface area (TPSA) is 355 Å². The SMILES string of the molecule is CCOP(=O)(OCC)C(C)CCC(CCCCCC(C(CC)P(=O)(OCC)OCC)P(=O)(OCC)OCC)P(=O)(OCC)OCC.CCOP(=O)(OCC)C(C)CCCC(CCCCC(C(CCC(C(CC)P(=O)(OCC)OCC)P(=O)(OCC)OCC)P(=O)(OCC)OCC)P(=O)(OCC)OCC)P(=O)(OCC)OCC. The van der Waals surface area contributed by atoms with Gasteiger partial charge in [0, 0.05) is 0 Å². The zero-order chi connectivity index (χ0) is 85.8. The average Bonchev–Trinajstić information content (AvgIpc) is 0.773. The van der Waals surface area contributed by atoms with Crippen LogP contribution in [-0.4, -0.2) is 189 Å². The zero-order valence-electron chi connectivity index (χ0n) is 73.4. The fraction of sp³-hybridized carbons (Fsp3) is 1.00. The molecule has 0 fully saturated rings. The van der Waals surface area contributed by atoms with Crippen LogP contribution >= 0.6 is 76.0 Å². The van der Waals surface area contributed by atoms with Crippen LogP contribution in [-0.2, 0) is 136 Å². The predicted octanol–water partition coefficient (Wildman–Crippen LogP) is 25.4. The number of unbranched alkanes of at least 4 members (excludes halogenated alkanes) is 3. The number of hydrogen-bond donors (Lipinski definition) is 0. The second kappa shape index (κ2) is 62.6. The van der Waals surface area contributed by atoms with Crippen LogP contribution in [0.5, 0.6) is 0 Å². The molecule has 40 heteroatoms. The van der Waals surface area contributed by atoms with Crippen molar-refractivity contribution in [2.45, 2.75) is 338 Å². The van der Waals surface area contributed by atoms with Crippen molar-refractivity contribution in [1.29, 1.82) is 0 Å². The van der Waals surface area contributed by atoms with Crippen LogP contribution in [0, 0.1) is 0 Å². The number of rotatable bonds is 76. The van der Waals surface area contributed by atoms with Crippen LogP contribution in [0.3, 0.4) is 0 Å². The van der Waals surface area contributed by atoms with Gasteiger partial charge < -0.3 is 90.5 Å². The van der Waals surface area contributed by atoms with E-state index in [1.807, 2.05) is 20.8 Å². The molecule has 10 unspecified atom stereocenters. The van der Waals surface area contributed by atoms with Gasteiger partial charge in [-0.1, -0.05) is 66.2 Å². The molecule has 10 atom stereocenters. The molecular formula is C72H158O30P10. The molecule has 0 aromatic rings. The molecule has 0 rings (SSSR count). The van der Waals surface area contributed by atoms with Gasteiger partial charge in [0.1, 0.15) is 0 Å². The molecule has 30 nitrogen and oxygen atoms in total. The summed E-state index contributed by atoms with van der Waals surface area (Å²) in [4.78, 5) is 0. The molecule has 0 aliphatic carbocycles. The van der Waals surface area contributed by atoms with E-state index in [0.717, 1.165) is 0 Å². The molecule has 676 valence electrons. The quantitative estimate of drug-likeness (QED) is 0.0403. The zero-order valence-corrected chi connectivity index (χ0v) is 82.3. The Morgan fingerprint density at radius 3 is 0.589 bits per heavy atom. The van der Waals surface area contributed by atoms with Crippen molar-refractivity contribution in [2.75, 3.05) is 132 Å². The summed E-state index contributed by atoms with van der Waals surface area (Å²) in [5, 5.41) is 0. The molecular weight excluding hydrogens is 1650 g/mol. The van der Waals surface area contributed by atoms with Gasteiger partial charge in [0.2, 0.25) is 0 Å². The van der Waals surface area contributed by atoms with Crippen molar-refractivity contribution in [1.82, 2.24) is 0 Å². The normalized spacial score (nSPS) is 16.1. The van der Waals surface area contributed by atoms with E-state index in [4.69, 9.17) is 90.5 Å². The summed E-state index contributed by atoms with van der Waals surface area (Å²) < 4.78 is 259. The van der Waals surface area contributed by atoms with Gasteiger partial charge in [-0.25, -0.2) is 0 Å². The lowest BCUT2D eigenvalue weighted by Gasteiger charge is -2.39. The lowest BCUT2D eigenvalue weighted by Crippen LogP contribution is -2.34. The van der Waals surface area contributed by atoms with Gasteiger partial charge in [0.25, 0.3) is 0 Å². The summed E-state index contributed by atoms with van der Waals surface area (Å²) in [6.07, 6.45) is 7.18.